The molecule has 1 atom stereocenters. The van der Waals surface area contributed by atoms with Crippen molar-refractivity contribution in [2.75, 3.05) is 20.6 Å². The van der Waals surface area contributed by atoms with Gasteiger partial charge in [0.25, 0.3) is 5.91 Å². The Kier molecular flexibility index (Phi) is 4.55. The van der Waals surface area contributed by atoms with Crippen LogP contribution in [0.4, 0.5) is 13.2 Å². The Morgan fingerprint density at radius 2 is 2.04 bits per heavy atom. The average Bonchev–Trinajstić information content (AvgIpc) is 3.05. The number of benzene rings is 1. The molecule has 0 aliphatic carbocycles. The summed E-state index contributed by atoms with van der Waals surface area (Å²) < 4.78 is 37.9. The Morgan fingerprint density at radius 3 is 2.68 bits per heavy atom. The van der Waals surface area contributed by atoms with Crippen LogP contribution in [-0.2, 0) is 19.1 Å². The number of hydrogen-bond donors (Lipinski definition) is 1. The second-order valence-corrected chi connectivity index (χ2v) is 6.39. The van der Waals surface area contributed by atoms with Crippen molar-refractivity contribution >= 4 is 5.91 Å². The largest absolute Gasteiger partial charge is 0.432 e. The Bertz CT molecular complexity index is 771. The summed E-state index contributed by atoms with van der Waals surface area (Å²) in [5.74, 6) is -0.529. The van der Waals surface area contributed by atoms with Gasteiger partial charge in [-0.1, -0.05) is 24.3 Å². The monoisotopic (exact) mass is 352 g/mol. The summed E-state index contributed by atoms with van der Waals surface area (Å²) in [5, 5.41) is 5.38. The van der Waals surface area contributed by atoms with Gasteiger partial charge in [-0.05, 0) is 24.6 Å². The molecule has 1 unspecified atom stereocenters. The van der Waals surface area contributed by atoms with E-state index in [1.54, 1.807) is 7.05 Å². The van der Waals surface area contributed by atoms with Gasteiger partial charge < -0.3 is 4.90 Å². The lowest BCUT2D eigenvalue weighted by Gasteiger charge is -2.36. The first-order chi connectivity index (χ1) is 11.8. The molecule has 1 aromatic carbocycles. The third kappa shape index (κ3) is 3.68. The molecule has 0 saturated heterocycles. The van der Waals surface area contributed by atoms with Gasteiger partial charge in [-0.15, -0.1) is 0 Å². The van der Waals surface area contributed by atoms with Crippen LogP contribution in [0.25, 0.3) is 0 Å². The molecule has 134 valence electrons. The lowest BCUT2D eigenvalue weighted by Crippen LogP contribution is -2.46. The first-order valence-corrected chi connectivity index (χ1v) is 7.91. The molecule has 1 N–H and O–H groups in total. The van der Waals surface area contributed by atoms with Gasteiger partial charge in [0, 0.05) is 32.2 Å². The van der Waals surface area contributed by atoms with Gasteiger partial charge in [-0.25, -0.2) is 0 Å². The molecule has 8 heteroatoms. The normalized spacial score (nSPS) is 18.0. The number of carbonyl (C=O) groups is 1. The summed E-state index contributed by atoms with van der Waals surface area (Å²) in [4.78, 5) is 15.9. The van der Waals surface area contributed by atoms with E-state index in [9.17, 15) is 18.0 Å². The summed E-state index contributed by atoms with van der Waals surface area (Å²) in [5.41, 5.74) is 1.25. The van der Waals surface area contributed by atoms with Crippen LogP contribution in [0, 0.1) is 0 Å². The standard InChI is InChI=1S/C17H19F3N4O/c1-23-9-12-6-4-3-5-11(12)7-13(23)10-24(2)16(25)14-8-15(22-21-14)17(18,19)20/h3-6,8,13H,7,9-10H2,1-2H3,(H,21,22). The fourth-order valence-electron chi connectivity index (χ4n) is 3.09. The molecule has 0 radical (unpaired) electrons. The SMILES string of the molecule is CN(CC1Cc2ccccc2CN1C)C(=O)c1cc(C(F)(F)F)[nH]n1. The minimum atomic E-state index is -4.54. The van der Waals surface area contributed by atoms with E-state index in [4.69, 9.17) is 0 Å². The lowest BCUT2D eigenvalue weighted by molar-refractivity contribution is -0.141. The lowest BCUT2D eigenvalue weighted by atomic mass is 9.94. The van der Waals surface area contributed by atoms with Gasteiger partial charge in [0.1, 0.15) is 5.69 Å². The minimum Gasteiger partial charge on any atom is -0.339 e. The number of nitrogens with one attached hydrogen (secondary N) is 1. The van der Waals surface area contributed by atoms with Gasteiger partial charge in [-0.3, -0.25) is 14.8 Å². The molecule has 1 aromatic heterocycles. The average molecular weight is 352 g/mol. The Hall–Kier alpha value is -2.35. The molecule has 1 aliphatic rings. The molecule has 3 rings (SSSR count). The van der Waals surface area contributed by atoms with E-state index in [0.717, 1.165) is 19.0 Å². The summed E-state index contributed by atoms with van der Waals surface area (Å²) in [6.07, 6.45) is -3.75. The second kappa shape index (κ2) is 6.51. The smallest absolute Gasteiger partial charge is 0.339 e. The number of H-pyrrole nitrogens is 1. The summed E-state index contributed by atoms with van der Waals surface area (Å²) >= 11 is 0. The van der Waals surface area contributed by atoms with Crippen LogP contribution in [0.1, 0.15) is 27.3 Å². The summed E-state index contributed by atoms with van der Waals surface area (Å²) in [6, 6.07) is 8.99. The molecule has 25 heavy (non-hydrogen) atoms. The maximum atomic E-state index is 12.6. The zero-order valence-electron chi connectivity index (χ0n) is 14.0. The summed E-state index contributed by atoms with van der Waals surface area (Å²) in [7, 11) is 3.56. The van der Waals surface area contributed by atoms with Crippen LogP contribution in [0.2, 0.25) is 0 Å². The highest BCUT2D eigenvalue weighted by Gasteiger charge is 2.34. The fourth-order valence-corrected chi connectivity index (χ4v) is 3.09. The van der Waals surface area contributed by atoms with Gasteiger partial charge in [0.05, 0.1) is 0 Å². The topological polar surface area (TPSA) is 52.2 Å². The third-order valence-corrected chi connectivity index (χ3v) is 4.55. The molecule has 0 fully saturated rings. The first-order valence-electron chi connectivity index (χ1n) is 7.91. The number of aromatic nitrogens is 2. The molecular weight excluding hydrogens is 333 g/mol. The van der Waals surface area contributed by atoms with Crippen LogP contribution in [0.15, 0.2) is 30.3 Å². The molecular formula is C17H19F3N4O. The highest BCUT2D eigenvalue weighted by molar-refractivity contribution is 5.92. The maximum absolute atomic E-state index is 12.6. The maximum Gasteiger partial charge on any atom is 0.432 e. The highest BCUT2D eigenvalue weighted by atomic mass is 19.4. The van der Waals surface area contributed by atoms with Crippen LogP contribution in [0.5, 0.6) is 0 Å². The number of nitrogens with zero attached hydrogens (tertiary/aromatic N) is 3. The molecule has 0 spiro atoms. The van der Waals surface area contributed by atoms with E-state index in [-0.39, 0.29) is 11.7 Å². The van der Waals surface area contributed by atoms with Crippen LogP contribution in [-0.4, -0.2) is 52.6 Å². The number of aromatic amines is 1. The van der Waals surface area contributed by atoms with Crippen LogP contribution < -0.4 is 0 Å². The van der Waals surface area contributed by atoms with Gasteiger partial charge in [0.2, 0.25) is 0 Å². The predicted octanol–water partition coefficient (Wildman–Crippen LogP) is 2.56. The van der Waals surface area contributed by atoms with E-state index in [1.807, 2.05) is 24.3 Å². The van der Waals surface area contributed by atoms with Crippen molar-refractivity contribution in [3.05, 3.63) is 52.8 Å². The number of amides is 1. The number of halogens is 3. The molecule has 1 amide bonds. The van der Waals surface area contributed by atoms with Crippen molar-refractivity contribution in [3.8, 4) is 0 Å². The zero-order valence-corrected chi connectivity index (χ0v) is 14.0. The second-order valence-electron chi connectivity index (χ2n) is 6.39. The summed E-state index contributed by atoms with van der Waals surface area (Å²) in [6.45, 7) is 1.20. The third-order valence-electron chi connectivity index (χ3n) is 4.55. The van der Waals surface area contributed by atoms with Gasteiger partial charge in [0.15, 0.2) is 5.69 Å². The molecule has 0 bridgehead atoms. The number of carbonyl (C=O) groups excluding carboxylic acids is 1. The highest BCUT2D eigenvalue weighted by Crippen LogP contribution is 2.28. The number of alkyl halides is 3. The van der Waals surface area contributed by atoms with E-state index >= 15 is 0 Å². The molecule has 5 nitrogen and oxygen atoms in total. The van der Waals surface area contributed by atoms with E-state index in [1.165, 1.54) is 16.0 Å². The Morgan fingerprint density at radius 1 is 1.36 bits per heavy atom. The molecule has 0 saturated carbocycles. The number of hydrogen-bond acceptors (Lipinski definition) is 3. The Labute approximate surface area is 143 Å². The van der Waals surface area contributed by atoms with E-state index in [0.29, 0.717) is 6.54 Å². The van der Waals surface area contributed by atoms with Crippen molar-refractivity contribution in [1.29, 1.82) is 0 Å². The van der Waals surface area contributed by atoms with Crippen molar-refractivity contribution in [2.24, 2.45) is 0 Å². The predicted molar refractivity (Wildman–Crippen MR) is 86.0 cm³/mol. The van der Waals surface area contributed by atoms with Crippen molar-refractivity contribution in [2.45, 2.75) is 25.2 Å². The van der Waals surface area contributed by atoms with Crippen molar-refractivity contribution in [3.63, 3.8) is 0 Å². The van der Waals surface area contributed by atoms with Crippen molar-refractivity contribution < 1.29 is 18.0 Å². The molecule has 1 aliphatic heterocycles. The van der Waals surface area contributed by atoms with Gasteiger partial charge in [-0.2, -0.15) is 18.3 Å². The van der Waals surface area contributed by atoms with Crippen LogP contribution in [0.3, 0.4) is 0 Å². The molecule has 2 heterocycles. The number of rotatable bonds is 3. The zero-order chi connectivity index (χ0) is 18.2. The minimum absolute atomic E-state index is 0.102. The molecule has 2 aromatic rings. The fraction of sp³-hybridized carbons (Fsp3) is 0.412. The quantitative estimate of drug-likeness (QED) is 0.924. The van der Waals surface area contributed by atoms with Crippen molar-refractivity contribution in [1.82, 2.24) is 20.0 Å². The number of likely N-dealkylation sites (N-methyl/N-ethyl adjacent to an activating group) is 2. The Balaban J connectivity index is 1.69. The van der Waals surface area contributed by atoms with E-state index < -0.39 is 17.8 Å². The first kappa shape index (κ1) is 17.5. The number of fused-ring (bicyclic) bond motifs is 1. The van der Waals surface area contributed by atoms with Gasteiger partial charge >= 0.3 is 6.18 Å². The van der Waals surface area contributed by atoms with E-state index in [2.05, 4.69) is 22.1 Å². The van der Waals surface area contributed by atoms with Crippen LogP contribution >= 0.6 is 0 Å².